The maximum atomic E-state index is 12.6. The molecule has 6 heteroatoms. The van der Waals surface area contributed by atoms with Gasteiger partial charge in [-0.25, -0.2) is 0 Å². The van der Waals surface area contributed by atoms with Gasteiger partial charge in [0.1, 0.15) is 0 Å². The molecule has 0 N–H and O–H groups in total. The van der Waals surface area contributed by atoms with Crippen molar-refractivity contribution in [2.24, 2.45) is 0 Å². The molecule has 2 fully saturated rings. The van der Waals surface area contributed by atoms with Gasteiger partial charge in [0.05, 0.1) is 25.7 Å². The summed E-state index contributed by atoms with van der Waals surface area (Å²) in [7, 11) is 1.74. The van der Waals surface area contributed by atoms with Crippen molar-refractivity contribution in [3.63, 3.8) is 0 Å². The highest BCUT2D eigenvalue weighted by molar-refractivity contribution is 5.78. The lowest BCUT2D eigenvalue weighted by Crippen LogP contribution is -2.52. The Hall–Kier alpha value is -1.50. The molecule has 24 heavy (non-hydrogen) atoms. The molecule has 2 aliphatic rings. The molecule has 6 nitrogen and oxygen atoms in total. The summed E-state index contributed by atoms with van der Waals surface area (Å²) in [5.41, 5.74) is 0.974. The van der Waals surface area contributed by atoms with Crippen molar-refractivity contribution >= 4 is 5.91 Å². The lowest BCUT2D eigenvalue weighted by atomic mass is 10.0. The average Bonchev–Trinajstić information content (AvgIpc) is 2.84. The fourth-order valence-electron chi connectivity index (χ4n) is 3.69. The Morgan fingerprint density at radius 3 is 3.04 bits per heavy atom. The van der Waals surface area contributed by atoms with Crippen LogP contribution in [0, 0.1) is 0 Å². The van der Waals surface area contributed by atoms with Crippen molar-refractivity contribution in [3.05, 3.63) is 30.1 Å². The Kier molecular flexibility index (Phi) is 6.18. The van der Waals surface area contributed by atoms with Crippen LogP contribution in [0.25, 0.3) is 0 Å². The molecule has 0 radical (unpaired) electrons. The van der Waals surface area contributed by atoms with E-state index < -0.39 is 0 Å². The van der Waals surface area contributed by atoms with Crippen LogP contribution < -0.4 is 0 Å². The number of fused-ring (bicyclic) bond motifs is 1. The van der Waals surface area contributed by atoms with Crippen molar-refractivity contribution in [2.45, 2.75) is 31.4 Å². The molecule has 132 valence electrons. The van der Waals surface area contributed by atoms with E-state index in [4.69, 9.17) is 9.47 Å². The molecule has 0 saturated carbocycles. The largest absolute Gasteiger partial charge is 0.383 e. The van der Waals surface area contributed by atoms with Gasteiger partial charge in [0.25, 0.3) is 0 Å². The number of aromatic nitrogens is 1. The number of rotatable bonds is 5. The topological polar surface area (TPSA) is 54.9 Å². The Morgan fingerprint density at radius 1 is 1.38 bits per heavy atom. The Balaban J connectivity index is 1.58. The van der Waals surface area contributed by atoms with Gasteiger partial charge in [-0.1, -0.05) is 6.07 Å². The molecule has 2 unspecified atom stereocenters. The second-order valence-electron chi connectivity index (χ2n) is 6.50. The number of hydrogen-bond acceptors (Lipinski definition) is 5. The molecule has 3 rings (SSSR count). The van der Waals surface area contributed by atoms with Crippen molar-refractivity contribution in [1.82, 2.24) is 14.8 Å². The minimum absolute atomic E-state index is 0.185. The van der Waals surface area contributed by atoms with Gasteiger partial charge in [0, 0.05) is 51.7 Å². The molecule has 1 aromatic heterocycles. The smallest absolute Gasteiger partial charge is 0.227 e. The van der Waals surface area contributed by atoms with E-state index in [2.05, 4.69) is 9.88 Å². The van der Waals surface area contributed by atoms with Gasteiger partial charge in [0.15, 0.2) is 0 Å². The number of nitrogens with zero attached hydrogens (tertiary/aromatic N) is 3. The fourth-order valence-corrected chi connectivity index (χ4v) is 3.69. The van der Waals surface area contributed by atoms with Crippen LogP contribution in [0.3, 0.4) is 0 Å². The maximum absolute atomic E-state index is 12.6. The van der Waals surface area contributed by atoms with E-state index >= 15 is 0 Å². The van der Waals surface area contributed by atoms with E-state index in [1.165, 1.54) is 0 Å². The van der Waals surface area contributed by atoms with E-state index in [9.17, 15) is 4.79 Å². The van der Waals surface area contributed by atoms with E-state index in [-0.39, 0.29) is 12.0 Å². The zero-order chi connectivity index (χ0) is 16.8. The molecule has 2 saturated heterocycles. The predicted molar refractivity (Wildman–Crippen MR) is 90.7 cm³/mol. The van der Waals surface area contributed by atoms with Gasteiger partial charge in [-0.15, -0.1) is 0 Å². The molecule has 3 heterocycles. The summed E-state index contributed by atoms with van der Waals surface area (Å²) < 4.78 is 11.2. The Bertz CT molecular complexity index is 526. The molecule has 0 aliphatic carbocycles. The summed E-state index contributed by atoms with van der Waals surface area (Å²) in [5.74, 6) is 0.185. The molecule has 1 amide bonds. The van der Waals surface area contributed by atoms with Crippen molar-refractivity contribution in [1.29, 1.82) is 0 Å². The Morgan fingerprint density at radius 2 is 2.25 bits per heavy atom. The van der Waals surface area contributed by atoms with E-state index in [1.54, 1.807) is 19.5 Å². The summed E-state index contributed by atoms with van der Waals surface area (Å²) in [4.78, 5) is 21.1. The van der Waals surface area contributed by atoms with Gasteiger partial charge < -0.3 is 14.4 Å². The van der Waals surface area contributed by atoms with Crippen LogP contribution in [-0.4, -0.2) is 79.3 Å². The SMILES string of the molecule is COCCN1CCOC2CCN(C(=O)Cc3cccnc3)CCC21. The maximum Gasteiger partial charge on any atom is 0.227 e. The van der Waals surface area contributed by atoms with Crippen LogP contribution in [0.15, 0.2) is 24.5 Å². The van der Waals surface area contributed by atoms with Gasteiger partial charge >= 0.3 is 0 Å². The second kappa shape index (κ2) is 8.55. The van der Waals surface area contributed by atoms with Crippen LogP contribution in [0.5, 0.6) is 0 Å². The van der Waals surface area contributed by atoms with E-state index in [0.29, 0.717) is 12.5 Å². The van der Waals surface area contributed by atoms with Gasteiger partial charge in [-0.05, 0) is 24.5 Å². The monoisotopic (exact) mass is 333 g/mol. The Labute approximate surface area is 143 Å². The number of carbonyl (C=O) groups is 1. The summed E-state index contributed by atoms with van der Waals surface area (Å²) in [6.07, 6.45) is 6.03. The molecule has 2 aliphatic heterocycles. The third-order valence-electron chi connectivity index (χ3n) is 5.00. The molecule has 0 spiro atoms. The average molecular weight is 333 g/mol. The third-order valence-corrected chi connectivity index (χ3v) is 5.00. The molecule has 2 atom stereocenters. The lowest BCUT2D eigenvalue weighted by molar-refractivity contribution is -0.130. The highest BCUT2D eigenvalue weighted by atomic mass is 16.5. The number of ether oxygens (including phenoxy) is 2. The summed E-state index contributed by atoms with van der Waals surface area (Å²) in [5, 5.41) is 0. The first-order valence-corrected chi connectivity index (χ1v) is 8.79. The minimum atomic E-state index is 0.185. The van der Waals surface area contributed by atoms with Crippen molar-refractivity contribution < 1.29 is 14.3 Å². The quantitative estimate of drug-likeness (QED) is 0.803. The lowest BCUT2D eigenvalue weighted by Gasteiger charge is -2.40. The number of methoxy groups -OCH3 is 1. The molecular formula is C18H27N3O3. The molecule has 0 aromatic carbocycles. The number of hydrogen-bond donors (Lipinski definition) is 0. The summed E-state index contributed by atoms with van der Waals surface area (Å²) >= 11 is 0. The first-order valence-electron chi connectivity index (χ1n) is 8.79. The van der Waals surface area contributed by atoms with Crippen LogP contribution in [-0.2, 0) is 20.7 Å². The number of morpholine rings is 1. The van der Waals surface area contributed by atoms with Crippen LogP contribution >= 0.6 is 0 Å². The summed E-state index contributed by atoms with van der Waals surface area (Å²) in [6, 6.07) is 4.23. The highest BCUT2D eigenvalue weighted by Gasteiger charge is 2.35. The normalized spacial score (nSPS) is 25.1. The number of carbonyl (C=O) groups excluding carboxylic acids is 1. The predicted octanol–water partition coefficient (Wildman–Crippen LogP) is 0.962. The molecular weight excluding hydrogens is 306 g/mol. The number of likely N-dealkylation sites (tertiary alicyclic amines) is 1. The molecule has 0 bridgehead atoms. The van der Waals surface area contributed by atoms with Crippen LogP contribution in [0.1, 0.15) is 18.4 Å². The van der Waals surface area contributed by atoms with Crippen molar-refractivity contribution in [2.75, 3.05) is 46.5 Å². The number of amides is 1. The third kappa shape index (κ3) is 4.32. The zero-order valence-corrected chi connectivity index (χ0v) is 14.4. The highest BCUT2D eigenvalue weighted by Crippen LogP contribution is 2.24. The number of pyridine rings is 1. The molecule has 1 aromatic rings. The van der Waals surface area contributed by atoms with E-state index in [0.717, 1.165) is 57.8 Å². The van der Waals surface area contributed by atoms with Crippen molar-refractivity contribution in [3.8, 4) is 0 Å². The minimum Gasteiger partial charge on any atom is -0.383 e. The zero-order valence-electron chi connectivity index (χ0n) is 14.4. The fraction of sp³-hybridized carbons (Fsp3) is 0.667. The second-order valence-corrected chi connectivity index (χ2v) is 6.50. The van der Waals surface area contributed by atoms with Gasteiger partial charge in [-0.3, -0.25) is 14.7 Å². The summed E-state index contributed by atoms with van der Waals surface area (Å²) in [6.45, 7) is 4.98. The van der Waals surface area contributed by atoms with Gasteiger partial charge in [-0.2, -0.15) is 0 Å². The first-order chi connectivity index (χ1) is 11.8. The standard InChI is InChI=1S/C18H27N3O3/c1-23-11-9-20-10-12-24-17-5-8-21(7-4-16(17)20)18(22)13-15-3-2-6-19-14-15/h2-3,6,14,16-17H,4-5,7-13H2,1H3. The van der Waals surface area contributed by atoms with Crippen LogP contribution in [0.4, 0.5) is 0 Å². The van der Waals surface area contributed by atoms with Crippen LogP contribution in [0.2, 0.25) is 0 Å². The van der Waals surface area contributed by atoms with E-state index in [1.807, 2.05) is 17.0 Å². The first kappa shape index (κ1) is 17.3. The van der Waals surface area contributed by atoms with Gasteiger partial charge in [0.2, 0.25) is 5.91 Å².